The van der Waals surface area contributed by atoms with E-state index in [0.717, 1.165) is 9.13 Å². The van der Waals surface area contributed by atoms with Crippen LogP contribution in [0.2, 0.25) is 0 Å². The van der Waals surface area contributed by atoms with E-state index in [-0.39, 0.29) is 6.42 Å². The van der Waals surface area contributed by atoms with Gasteiger partial charge >= 0.3 is 0 Å². The third-order valence-corrected chi connectivity index (χ3v) is 4.32. The Kier molecular flexibility index (Phi) is 5.81. The van der Waals surface area contributed by atoms with Crippen LogP contribution in [0.1, 0.15) is 15.9 Å². The van der Waals surface area contributed by atoms with Crippen LogP contribution in [0.4, 0.5) is 13.2 Å². The van der Waals surface area contributed by atoms with Crippen LogP contribution in [0, 0.1) is 21.0 Å². The van der Waals surface area contributed by atoms with Gasteiger partial charge in [-0.1, -0.05) is 18.2 Å². The first-order chi connectivity index (χ1) is 11.3. The van der Waals surface area contributed by atoms with E-state index in [1.807, 2.05) is 0 Å². The van der Waals surface area contributed by atoms with Gasteiger partial charge in [-0.3, -0.25) is 9.59 Å². The van der Waals surface area contributed by atoms with E-state index in [2.05, 4.69) is 27.9 Å². The SMILES string of the molecule is NC(=O)[C@H](Cc1ccccc1I)NC(=O)c1c(F)cc(F)cc1F. The topological polar surface area (TPSA) is 72.2 Å². The van der Waals surface area contributed by atoms with Crippen LogP contribution in [-0.2, 0) is 11.2 Å². The summed E-state index contributed by atoms with van der Waals surface area (Å²) in [6, 6.07) is 6.69. The summed E-state index contributed by atoms with van der Waals surface area (Å²) in [6.45, 7) is 0. The highest BCUT2D eigenvalue weighted by Gasteiger charge is 2.25. The maximum Gasteiger partial charge on any atom is 0.257 e. The number of hydrogen-bond acceptors (Lipinski definition) is 2. The summed E-state index contributed by atoms with van der Waals surface area (Å²) in [4.78, 5) is 23.6. The maximum absolute atomic E-state index is 13.6. The monoisotopic (exact) mass is 448 g/mol. The second-order valence-electron chi connectivity index (χ2n) is 4.97. The van der Waals surface area contributed by atoms with E-state index >= 15 is 0 Å². The maximum atomic E-state index is 13.6. The number of carbonyl (C=O) groups is 2. The zero-order valence-electron chi connectivity index (χ0n) is 12.2. The lowest BCUT2D eigenvalue weighted by Crippen LogP contribution is -2.46. The van der Waals surface area contributed by atoms with Gasteiger partial charge in [-0.05, 0) is 34.2 Å². The number of primary amides is 1. The van der Waals surface area contributed by atoms with Gasteiger partial charge in [0.25, 0.3) is 5.91 Å². The summed E-state index contributed by atoms with van der Waals surface area (Å²) >= 11 is 2.05. The van der Waals surface area contributed by atoms with Crippen LogP contribution < -0.4 is 11.1 Å². The second-order valence-corrected chi connectivity index (χ2v) is 6.13. The van der Waals surface area contributed by atoms with Crippen LogP contribution in [0.15, 0.2) is 36.4 Å². The minimum absolute atomic E-state index is 0.0601. The van der Waals surface area contributed by atoms with Crippen LogP contribution >= 0.6 is 22.6 Å². The molecule has 0 unspecified atom stereocenters. The number of benzene rings is 2. The fraction of sp³-hybridized carbons (Fsp3) is 0.125. The number of hydrogen-bond donors (Lipinski definition) is 2. The molecule has 2 amide bonds. The molecule has 24 heavy (non-hydrogen) atoms. The van der Waals surface area contributed by atoms with Gasteiger partial charge in [0.05, 0.1) is 0 Å². The van der Waals surface area contributed by atoms with Gasteiger partial charge in [0, 0.05) is 22.1 Å². The van der Waals surface area contributed by atoms with E-state index in [4.69, 9.17) is 5.73 Å². The fourth-order valence-corrected chi connectivity index (χ4v) is 2.70. The molecule has 126 valence electrons. The fourth-order valence-electron chi connectivity index (χ4n) is 2.10. The Bertz CT molecular complexity index is 776. The lowest BCUT2D eigenvalue weighted by molar-refractivity contribution is -0.119. The van der Waals surface area contributed by atoms with Gasteiger partial charge in [0.1, 0.15) is 29.1 Å². The van der Waals surface area contributed by atoms with Gasteiger partial charge in [-0.2, -0.15) is 0 Å². The van der Waals surface area contributed by atoms with Crippen molar-refractivity contribution in [2.24, 2.45) is 5.73 Å². The molecule has 0 aliphatic rings. The molecule has 8 heteroatoms. The first-order valence-electron chi connectivity index (χ1n) is 6.77. The number of amides is 2. The molecule has 2 rings (SSSR count). The van der Waals surface area contributed by atoms with Gasteiger partial charge < -0.3 is 11.1 Å². The summed E-state index contributed by atoms with van der Waals surface area (Å²) in [6.07, 6.45) is 0.0601. The molecule has 2 aromatic rings. The molecule has 3 N–H and O–H groups in total. The van der Waals surface area contributed by atoms with Crippen molar-refractivity contribution >= 4 is 34.4 Å². The van der Waals surface area contributed by atoms with Crippen LogP contribution in [0.3, 0.4) is 0 Å². The third kappa shape index (κ3) is 4.25. The normalized spacial score (nSPS) is 11.8. The van der Waals surface area contributed by atoms with E-state index < -0.39 is 40.9 Å². The Hall–Kier alpha value is -2.10. The van der Waals surface area contributed by atoms with Crippen molar-refractivity contribution in [2.75, 3.05) is 0 Å². The lowest BCUT2D eigenvalue weighted by atomic mass is 10.0. The van der Waals surface area contributed by atoms with Gasteiger partial charge in [-0.25, -0.2) is 13.2 Å². The molecule has 0 saturated carbocycles. The summed E-state index contributed by atoms with van der Waals surface area (Å²) in [5.74, 6) is -5.90. The molecule has 0 aliphatic carbocycles. The van der Waals surface area contributed by atoms with Gasteiger partial charge in [0.2, 0.25) is 5.91 Å². The Labute approximate surface area is 149 Å². The summed E-state index contributed by atoms with van der Waals surface area (Å²) < 4.78 is 41.0. The molecule has 0 radical (unpaired) electrons. The predicted molar refractivity (Wildman–Crippen MR) is 89.6 cm³/mol. The molecule has 0 aromatic heterocycles. The summed E-state index contributed by atoms with van der Waals surface area (Å²) in [5.41, 5.74) is 5.03. The molecule has 0 spiro atoms. The Morgan fingerprint density at radius 3 is 2.25 bits per heavy atom. The first-order valence-corrected chi connectivity index (χ1v) is 7.85. The lowest BCUT2D eigenvalue weighted by Gasteiger charge is -2.17. The highest BCUT2D eigenvalue weighted by Crippen LogP contribution is 2.16. The van der Waals surface area contributed by atoms with E-state index in [0.29, 0.717) is 12.1 Å². The molecular weight excluding hydrogens is 436 g/mol. The van der Waals surface area contributed by atoms with Crippen molar-refractivity contribution in [1.82, 2.24) is 5.32 Å². The standard InChI is InChI=1S/C16H12F3IN2O2/c17-9-6-10(18)14(11(19)7-9)16(24)22-13(15(21)23)5-8-3-1-2-4-12(8)20/h1-4,6-7,13H,5H2,(H2,21,23)(H,22,24)/t13-/m0/s1. The van der Waals surface area contributed by atoms with Gasteiger partial charge in [0.15, 0.2) is 0 Å². The first kappa shape index (κ1) is 18.2. The van der Waals surface area contributed by atoms with Crippen LogP contribution in [0.5, 0.6) is 0 Å². The highest BCUT2D eigenvalue weighted by molar-refractivity contribution is 14.1. The molecule has 0 fully saturated rings. The molecule has 0 bridgehead atoms. The number of rotatable bonds is 5. The zero-order chi connectivity index (χ0) is 17.9. The predicted octanol–water partition coefficient (Wildman–Crippen LogP) is 2.53. The van der Waals surface area contributed by atoms with Gasteiger partial charge in [-0.15, -0.1) is 0 Å². The Morgan fingerprint density at radius 2 is 1.71 bits per heavy atom. The van der Waals surface area contributed by atoms with Crippen LogP contribution in [-0.4, -0.2) is 17.9 Å². The molecule has 0 aliphatic heterocycles. The van der Waals surface area contributed by atoms with E-state index in [9.17, 15) is 22.8 Å². The van der Waals surface area contributed by atoms with Crippen molar-refractivity contribution in [3.05, 3.63) is 68.5 Å². The molecule has 4 nitrogen and oxygen atoms in total. The van der Waals surface area contributed by atoms with Crippen molar-refractivity contribution < 1.29 is 22.8 Å². The molecule has 2 aromatic carbocycles. The van der Waals surface area contributed by atoms with E-state index in [1.165, 1.54) is 0 Å². The average molecular weight is 448 g/mol. The highest BCUT2D eigenvalue weighted by atomic mass is 127. The smallest absolute Gasteiger partial charge is 0.257 e. The number of halogens is 4. The Balaban J connectivity index is 2.24. The molecular formula is C16H12F3IN2O2. The minimum Gasteiger partial charge on any atom is -0.368 e. The number of nitrogens with two attached hydrogens (primary N) is 1. The minimum atomic E-state index is -1.36. The summed E-state index contributed by atoms with van der Waals surface area (Å²) in [5, 5.41) is 2.19. The average Bonchev–Trinajstić information content (AvgIpc) is 2.47. The largest absolute Gasteiger partial charge is 0.368 e. The quantitative estimate of drug-likeness (QED) is 0.691. The number of carbonyl (C=O) groups excluding carboxylic acids is 2. The van der Waals surface area contributed by atoms with Crippen molar-refractivity contribution in [1.29, 1.82) is 0 Å². The molecule has 1 atom stereocenters. The molecule has 0 heterocycles. The number of nitrogens with one attached hydrogen (secondary N) is 1. The Morgan fingerprint density at radius 1 is 1.12 bits per heavy atom. The van der Waals surface area contributed by atoms with Crippen LogP contribution in [0.25, 0.3) is 0 Å². The summed E-state index contributed by atoms with van der Waals surface area (Å²) in [7, 11) is 0. The van der Waals surface area contributed by atoms with Crippen molar-refractivity contribution in [3.63, 3.8) is 0 Å². The third-order valence-electron chi connectivity index (χ3n) is 3.26. The van der Waals surface area contributed by atoms with Crippen molar-refractivity contribution in [3.8, 4) is 0 Å². The molecule has 0 saturated heterocycles. The second kappa shape index (κ2) is 7.65. The van der Waals surface area contributed by atoms with E-state index in [1.54, 1.807) is 24.3 Å². The zero-order valence-corrected chi connectivity index (χ0v) is 14.3. The van der Waals surface area contributed by atoms with Crippen molar-refractivity contribution in [2.45, 2.75) is 12.5 Å².